The molecule has 134 valence electrons. The first-order chi connectivity index (χ1) is 12.4. The summed E-state index contributed by atoms with van der Waals surface area (Å²) >= 11 is 6.08. The molecule has 9 heteroatoms. The van der Waals surface area contributed by atoms with Crippen LogP contribution in [-0.2, 0) is 23.6 Å². The lowest BCUT2D eigenvalue weighted by Gasteiger charge is -2.07. The van der Waals surface area contributed by atoms with Gasteiger partial charge in [0.1, 0.15) is 6.07 Å². The average Bonchev–Trinajstić information content (AvgIpc) is 2.92. The van der Waals surface area contributed by atoms with Crippen LogP contribution >= 0.6 is 11.6 Å². The second kappa shape index (κ2) is 7.03. The summed E-state index contributed by atoms with van der Waals surface area (Å²) in [5.74, 6) is -0.0113. The summed E-state index contributed by atoms with van der Waals surface area (Å²) in [6.45, 7) is 1.60. The number of aryl methyl sites for hydroxylation is 1. The molecule has 0 amide bonds. The van der Waals surface area contributed by atoms with E-state index in [4.69, 9.17) is 11.6 Å². The molecule has 0 saturated carbocycles. The summed E-state index contributed by atoms with van der Waals surface area (Å²) in [6.07, 6.45) is 1.55. The van der Waals surface area contributed by atoms with E-state index in [1.807, 2.05) is 17.7 Å². The van der Waals surface area contributed by atoms with Crippen LogP contribution in [0.3, 0.4) is 0 Å². The van der Waals surface area contributed by atoms with Gasteiger partial charge in [0.15, 0.2) is 0 Å². The number of fused-ring (bicyclic) bond motifs is 1. The topological polar surface area (TPSA) is 101 Å². The van der Waals surface area contributed by atoms with Crippen LogP contribution in [-0.4, -0.2) is 28.9 Å². The number of aromatic nitrogens is 3. The van der Waals surface area contributed by atoms with Gasteiger partial charge in [-0.15, -0.1) is 0 Å². The molecule has 0 aliphatic carbocycles. The molecule has 7 nitrogen and oxygen atoms in total. The molecule has 0 bridgehead atoms. The maximum atomic E-state index is 11.6. The van der Waals surface area contributed by atoms with Crippen LogP contribution in [0.15, 0.2) is 30.5 Å². The van der Waals surface area contributed by atoms with E-state index >= 15 is 0 Å². The van der Waals surface area contributed by atoms with Crippen LogP contribution in [0.4, 0.5) is 0 Å². The molecule has 0 spiro atoms. The Hall–Kier alpha value is -2.47. The first-order valence-corrected chi connectivity index (χ1v) is 9.86. The van der Waals surface area contributed by atoms with Crippen molar-refractivity contribution in [3.05, 3.63) is 46.7 Å². The average molecular weight is 390 g/mol. The zero-order valence-electron chi connectivity index (χ0n) is 14.2. The van der Waals surface area contributed by atoms with Crippen LogP contribution in [0.1, 0.15) is 18.2 Å². The molecule has 0 saturated heterocycles. The van der Waals surface area contributed by atoms with Gasteiger partial charge in [0.05, 0.1) is 41.0 Å². The van der Waals surface area contributed by atoms with Crippen molar-refractivity contribution < 1.29 is 8.42 Å². The first kappa shape index (κ1) is 18.3. The molecule has 1 N–H and O–H groups in total. The SMILES string of the molecule is CCS(=O)(=O)NCc1cc(-c2c(C#N)c3ccc(Cl)cc3n2C)cnn1. The molecule has 0 aliphatic heterocycles. The maximum absolute atomic E-state index is 11.6. The van der Waals surface area contributed by atoms with E-state index in [0.29, 0.717) is 27.5 Å². The predicted octanol–water partition coefficient (Wildman–Crippen LogP) is 2.60. The number of nitrogens with zero attached hydrogens (tertiary/aromatic N) is 4. The highest BCUT2D eigenvalue weighted by Crippen LogP contribution is 2.33. The molecular weight excluding hydrogens is 374 g/mol. The second-order valence-corrected chi connectivity index (χ2v) is 8.25. The van der Waals surface area contributed by atoms with Crippen LogP contribution in [0, 0.1) is 11.3 Å². The summed E-state index contributed by atoms with van der Waals surface area (Å²) in [6, 6.07) is 9.31. The Balaban J connectivity index is 2.09. The molecule has 26 heavy (non-hydrogen) atoms. The molecule has 2 aromatic heterocycles. The third-order valence-electron chi connectivity index (χ3n) is 4.11. The minimum Gasteiger partial charge on any atom is -0.342 e. The van der Waals surface area contributed by atoms with Gasteiger partial charge in [-0.05, 0) is 31.2 Å². The molecule has 0 atom stereocenters. The minimum atomic E-state index is -3.33. The number of hydrogen-bond donors (Lipinski definition) is 1. The fourth-order valence-corrected chi connectivity index (χ4v) is 3.51. The number of sulfonamides is 1. The smallest absolute Gasteiger partial charge is 0.211 e. The molecule has 2 heterocycles. The quantitative estimate of drug-likeness (QED) is 0.722. The zero-order valence-corrected chi connectivity index (χ0v) is 15.8. The fraction of sp³-hybridized carbons (Fsp3) is 0.235. The summed E-state index contributed by atoms with van der Waals surface area (Å²) in [5, 5.41) is 18.9. The number of hydrogen-bond acceptors (Lipinski definition) is 5. The van der Waals surface area contributed by atoms with Gasteiger partial charge in [-0.25, -0.2) is 13.1 Å². The third-order valence-corrected chi connectivity index (χ3v) is 5.69. The molecule has 3 aromatic rings. The van der Waals surface area contributed by atoms with Crippen molar-refractivity contribution in [1.82, 2.24) is 19.5 Å². The summed E-state index contributed by atoms with van der Waals surface area (Å²) in [4.78, 5) is 0. The summed E-state index contributed by atoms with van der Waals surface area (Å²) < 4.78 is 27.6. The highest BCUT2D eigenvalue weighted by atomic mass is 35.5. The van der Waals surface area contributed by atoms with Crippen molar-refractivity contribution >= 4 is 32.5 Å². The summed E-state index contributed by atoms with van der Waals surface area (Å²) in [7, 11) is -1.49. The Morgan fingerprint density at radius 2 is 2.12 bits per heavy atom. The Morgan fingerprint density at radius 1 is 1.35 bits per heavy atom. The van der Waals surface area contributed by atoms with Crippen molar-refractivity contribution in [3.63, 3.8) is 0 Å². The lowest BCUT2D eigenvalue weighted by atomic mass is 10.1. The minimum absolute atomic E-state index is 0.0113. The normalized spacial score (nSPS) is 11.6. The third kappa shape index (κ3) is 3.42. The highest BCUT2D eigenvalue weighted by Gasteiger charge is 2.18. The molecule has 0 aliphatic rings. The maximum Gasteiger partial charge on any atom is 0.211 e. The zero-order chi connectivity index (χ0) is 18.9. The molecular formula is C17H16ClN5O2S. The Labute approximate surface area is 156 Å². The predicted molar refractivity (Wildman–Crippen MR) is 100.0 cm³/mol. The van der Waals surface area contributed by atoms with Gasteiger partial charge < -0.3 is 4.57 Å². The molecule has 0 radical (unpaired) electrons. The number of halogens is 1. The Kier molecular flexibility index (Phi) is 4.96. The Bertz CT molecular complexity index is 1130. The molecule has 1 aromatic carbocycles. The van der Waals surface area contributed by atoms with E-state index < -0.39 is 10.0 Å². The van der Waals surface area contributed by atoms with E-state index in [1.54, 1.807) is 31.3 Å². The van der Waals surface area contributed by atoms with E-state index in [9.17, 15) is 13.7 Å². The van der Waals surface area contributed by atoms with Gasteiger partial charge >= 0.3 is 0 Å². The number of benzene rings is 1. The van der Waals surface area contributed by atoms with Gasteiger partial charge in [-0.1, -0.05) is 11.6 Å². The van der Waals surface area contributed by atoms with E-state index in [1.165, 1.54) is 0 Å². The van der Waals surface area contributed by atoms with Gasteiger partial charge in [-0.2, -0.15) is 15.5 Å². The highest BCUT2D eigenvalue weighted by molar-refractivity contribution is 7.89. The van der Waals surface area contributed by atoms with Gasteiger partial charge in [0.2, 0.25) is 10.0 Å². The van der Waals surface area contributed by atoms with Crippen molar-refractivity contribution in [1.29, 1.82) is 5.26 Å². The number of nitrogens with one attached hydrogen (secondary N) is 1. The Morgan fingerprint density at radius 3 is 2.81 bits per heavy atom. The first-order valence-electron chi connectivity index (χ1n) is 7.83. The summed E-state index contributed by atoms with van der Waals surface area (Å²) in [5.41, 5.74) is 3.16. The second-order valence-electron chi connectivity index (χ2n) is 5.72. The van der Waals surface area contributed by atoms with Crippen molar-refractivity contribution in [2.75, 3.05) is 5.75 Å². The lowest BCUT2D eigenvalue weighted by molar-refractivity contribution is 0.581. The molecule has 3 rings (SSSR count). The lowest BCUT2D eigenvalue weighted by Crippen LogP contribution is -2.25. The van der Waals surface area contributed by atoms with E-state index in [0.717, 1.165) is 10.9 Å². The fourth-order valence-electron chi connectivity index (χ4n) is 2.77. The monoisotopic (exact) mass is 389 g/mol. The largest absolute Gasteiger partial charge is 0.342 e. The van der Waals surface area contributed by atoms with Crippen molar-refractivity contribution in [3.8, 4) is 17.3 Å². The van der Waals surface area contributed by atoms with Crippen LogP contribution < -0.4 is 4.72 Å². The van der Waals surface area contributed by atoms with E-state index in [-0.39, 0.29) is 12.3 Å². The molecule has 0 fully saturated rings. The van der Waals surface area contributed by atoms with Gasteiger partial charge in [0.25, 0.3) is 0 Å². The van der Waals surface area contributed by atoms with Crippen molar-refractivity contribution in [2.45, 2.75) is 13.5 Å². The number of nitriles is 1. The van der Waals surface area contributed by atoms with Gasteiger partial charge in [0, 0.05) is 23.0 Å². The van der Waals surface area contributed by atoms with E-state index in [2.05, 4.69) is 21.0 Å². The standard InChI is InChI=1S/C17H16ClN5O2S/c1-3-26(24,25)21-10-13-6-11(9-20-22-13)17-15(8-19)14-5-4-12(18)7-16(14)23(17)2/h4-7,9,21H,3,10H2,1-2H3. The van der Waals surface area contributed by atoms with Crippen molar-refractivity contribution in [2.24, 2.45) is 7.05 Å². The van der Waals surface area contributed by atoms with Crippen LogP contribution in [0.2, 0.25) is 5.02 Å². The van der Waals surface area contributed by atoms with Crippen LogP contribution in [0.25, 0.3) is 22.2 Å². The van der Waals surface area contributed by atoms with Crippen LogP contribution in [0.5, 0.6) is 0 Å². The number of rotatable bonds is 5. The molecule has 0 unspecified atom stereocenters. The van der Waals surface area contributed by atoms with Gasteiger partial charge in [-0.3, -0.25) is 0 Å².